The van der Waals surface area contributed by atoms with Gasteiger partial charge >= 0.3 is 5.97 Å². The Morgan fingerprint density at radius 2 is 2.11 bits per heavy atom. The molecule has 0 aromatic heterocycles. The van der Waals surface area contributed by atoms with Gasteiger partial charge in [-0.1, -0.05) is 6.92 Å². The molecule has 3 N–H and O–H groups in total. The molecule has 0 saturated carbocycles. The lowest BCUT2D eigenvalue weighted by Gasteiger charge is -2.33. The number of carboxylic acid groups (broad SMARTS) is 1. The molecule has 2 saturated heterocycles. The zero-order chi connectivity index (χ0) is 13.3. The van der Waals surface area contributed by atoms with Gasteiger partial charge in [0.25, 0.3) is 0 Å². The number of nitrogens with one attached hydrogen (secondary N) is 1. The van der Waals surface area contributed by atoms with Gasteiger partial charge in [0.15, 0.2) is 0 Å². The van der Waals surface area contributed by atoms with Gasteiger partial charge in [-0.15, -0.1) is 0 Å². The number of aliphatic carboxylic acids is 1. The highest BCUT2D eigenvalue weighted by Gasteiger charge is 2.42. The SMILES string of the molecule is CC1CNCCC1C(=O)N1CC(O)CC1C(=O)O. The number of nitrogens with zero attached hydrogens (tertiary/aromatic N) is 1. The molecule has 102 valence electrons. The van der Waals surface area contributed by atoms with Crippen molar-refractivity contribution in [3.63, 3.8) is 0 Å². The standard InChI is InChI=1S/C12H20N2O4/c1-7-5-13-3-2-9(7)11(16)14-6-8(15)4-10(14)12(17)18/h7-10,13,15H,2-6H2,1H3,(H,17,18). The summed E-state index contributed by atoms with van der Waals surface area (Å²) in [5.74, 6) is -1.06. The maximum atomic E-state index is 12.4. The number of aliphatic hydroxyl groups is 1. The summed E-state index contributed by atoms with van der Waals surface area (Å²) < 4.78 is 0. The zero-order valence-corrected chi connectivity index (χ0v) is 10.5. The van der Waals surface area contributed by atoms with E-state index in [-0.39, 0.29) is 30.7 Å². The molecule has 0 spiro atoms. The predicted molar refractivity (Wildman–Crippen MR) is 63.9 cm³/mol. The number of carbonyl (C=O) groups excluding carboxylic acids is 1. The van der Waals surface area contributed by atoms with Crippen molar-refractivity contribution >= 4 is 11.9 Å². The molecule has 4 unspecified atom stereocenters. The number of hydrogen-bond acceptors (Lipinski definition) is 4. The van der Waals surface area contributed by atoms with Crippen molar-refractivity contribution in [2.24, 2.45) is 11.8 Å². The first-order chi connectivity index (χ1) is 8.50. The van der Waals surface area contributed by atoms with E-state index in [1.807, 2.05) is 6.92 Å². The monoisotopic (exact) mass is 256 g/mol. The molecule has 18 heavy (non-hydrogen) atoms. The Morgan fingerprint density at radius 3 is 2.72 bits per heavy atom. The third kappa shape index (κ3) is 2.49. The van der Waals surface area contributed by atoms with Gasteiger partial charge in [-0.3, -0.25) is 4.79 Å². The molecule has 0 bridgehead atoms. The predicted octanol–water partition coefficient (Wildman–Crippen LogP) is -0.722. The topological polar surface area (TPSA) is 89.9 Å². The minimum atomic E-state index is -1.03. The molecule has 2 aliphatic rings. The summed E-state index contributed by atoms with van der Waals surface area (Å²) >= 11 is 0. The summed E-state index contributed by atoms with van der Waals surface area (Å²) in [5.41, 5.74) is 0. The van der Waals surface area contributed by atoms with Gasteiger partial charge in [-0.25, -0.2) is 4.79 Å². The number of β-amino-alcohol motifs (C(OH)–C–C–N with tert-alkyl or cyclic N) is 1. The van der Waals surface area contributed by atoms with Crippen LogP contribution in [-0.2, 0) is 9.59 Å². The number of aliphatic hydroxyl groups excluding tert-OH is 1. The van der Waals surface area contributed by atoms with Gasteiger partial charge in [0, 0.05) is 18.9 Å². The highest BCUT2D eigenvalue weighted by atomic mass is 16.4. The fourth-order valence-electron chi connectivity index (χ4n) is 2.89. The number of piperidine rings is 1. The first-order valence-electron chi connectivity index (χ1n) is 6.42. The van der Waals surface area contributed by atoms with Crippen molar-refractivity contribution in [2.45, 2.75) is 31.9 Å². The molecule has 6 nitrogen and oxygen atoms in total. The van der Waals surface area contributed by atoms with Crippen LogP contribution in [0.3, 0.4) is 0 Å². The van der Waals surface area contributed by atoms with Crippen molar-refractivity contribution in [3.05, 3.63) is 0 Å². The number of carbonyl (C=O) groups is 2. The van der Waals surface area contributed by atoms with E-state index in [1.165, 1.54) is 4.90 Å². The van der Waals surface area contributed by atoms with Crippen LogP contribution in [0.1, 0.15) is 19.8 Å². The highest BCUT2D eigenvalue weighted by molar-refractivity contribution is 5.86. The Bertz CT molecular complexity index is 347. The van der Waals surface area contributed by atoms with Crippen LogP contribution in [-0.4, -0.2) is 58.8 Å². The first kappa shape index (κ1) is 13.3. The Balaban J connectivity index is 2.09. The van der Waals surface area contributed by atoms with E-state index >= 15 is 0 Å². The second-order valence-electron chi connectivity index (χ2n) is 5.31. The van der Waals surface area contributed by atoms with Crippen molar-refractivity contribution in [1.82, 2.24) is 10.2 Å². The minimum Gasteiger partial charge on any atom is -0.480 e. The van der Waals surface area contributed by atoms with Crippen LogP contribution in [0.4, 0.5) is 0 Å². The van der Waals surface area contributed by atoms with Gasteiger partial charge in [0.1, 0.15) is 6.04 Å². The fraction of sp³-hybridized carbons (Fsp3) is 0.833. The third-order valence-corrected chi connectivity index (χ3v) is 3.95. The molecule has 1 amide bonds. The zero-order valence-electron chi connectivity index (χ0n) is 10.5. The summed E-state index contributed by atoms with van der Waals surface area (Å²) in [6.45, 7) is 3.71. The van der Waals surface area contributed by atoms with Crippen LogP contribution in [0.2, 0.25) is 0 Å². The molecule has 4 atom stereocenters. The van der Waals surface area contributed by atoms with Gasteiger partial charge in [0.2, 0.25) is 5.91 Å². The second-order valence-corrected chi connectivity index (χ2v) is 5.31. The van der Waals surface area contributed by atoms with Crippen LogP contribution >= 0.6 is 0 Å². The van der Waals surface area contributed by atoms with E-state index in [0.717, 1.165) is 19.5 Å². The van der Waals surface area contributed by atoms with Crippen molar-refractivity contribution in [2.75, 3.05) is 19.6 Å². The molecule has 2 rings (SSSR count). The highest BCUT2D eigenvalue weighted by Crippen LogP contribution is 2.26. The molecule has 0 radical (unpaired) electrons. The Morgan fingerprint density at radius 1 is 1.39 bits per heavy atom. The smallest absolute Gasteiger partial charge is 0.326 e. The second kappa shape index (κ2) is 5.24. The summed E-state index contributed by atoms with van der Waals surface area (Å²) in [7, 11) is 0. The molecular formula is C12H20N2O4. The van der Waals surface area contributed by atoms with Crippen LogP contribution in [0.5, 0.6) is 0 Å². The number of carboxylic acids is 1. The van der Waals surface area contributed by atoms with Gasteiger partial charge in [0.05, 0.1) is 6.10 Å². The lowest BCUT2D eigenvalue weighted by atomic mass is 9.86. The van der Waals surface area contributed by atoms with E-state index in [9.17, 15) is 14.7 Å². The minimum absolute atomic E-state index is 0.118. The quantitative estimate of drug-likeness (QED) is 0.606. The average molecular weight is 256 g/mol. The van der Waals surface area contributed by atoms with Crippen LogP contribution in [0.15, 0.2) is 0 Å². The average Bonchev–Trinajstić information content (AvgIpc) is 2.71. The molecular weight excluding hydrogens is 236 g/mol. The first-order valence-corrected chi connectivity index (χ1v) is 6.42. The van der Waals surface area contributed by atoms with Crippen molar-refractivity contribution < 1.29 is 19.8 Å². The molecule has 2 fully saturated rings. The summed E-state index contributed by atoms with van der Waals surface area (Å²) in [6, 6.07) is -0.866. The largest absolute Gasteiger partial charge is 0.480 e. The van der Waals surface area contributed by atoms with Crippen LogP contribution < -0.4 is 5.32 Å². The van der Waals surface area contributed by atoms with Gasteiger partial charge < -0.3 is 20.4 Å². The maximum absolute atomic E-state index is 12.4. The molecule has 2 aliphatic heterocycles. The summed E-state index contributed by atoms with van der Waals surface area (Å²) in [6.07, 6.45) is 0.159. The Hall–Kier alpha value is -1.14. The van der Waals surface area contributed by atoms with Gasteiger partial charge in [-0.05, 0) is 25.4 Å². The van der Waals surface area contributed by atoms with Crippen molar-refractivity contribution in [1.29, 1.82) is 0 Å². The molecule has 6 heteroatoms. The maximum Gasteiger partial charge on any atom is 0.326 e. The number of rotatable bonds is 2. The molecule has 0 aromatic rings. The van der Waals surface area contributed by atoms with E-state index in [4.69, 9.17) is 5.11 Å². The summed E-state index contributed by atoms with van der Waals surface area (Å²) in [5, 5.41) is 21.9. The van der Waals surface area contributed by atoms with E-state index in [1.54, 1.807) is 0 Å². The van der Waals surface area contributed by atoms with E-state index in [0.29, 0.717) is 0 Å². The molecule has 0 aliphatic carbocycles. The number of amides is 1. The van der Waals surface area contributed by atoms with E-state index < -0.39 is 18.1 Å². The summed E-state index contributed by atoms with van der Waals surface area (Å²) in [4.78, 5) is 24.9. The normalized spacial score (nSPS) is 36.7. The molecule has 0 aromatic carbocycles. The van der Waals surface area contributed by atoms with E-state index in [2.05, 4.69) is 5.32 Å². The van der Waals surface area contributed by atoms with Crippen LogP contribution in [0, 0.1) is 11.8 Å². The Kier molecular flexibility index (Phi) is 3.87. The van der Waals surface area contributed by atoms with Crippen molar-refractivity contribution in [3.8, 4) is 0 Å². The number of likely N-dealkylation sites (tertiary alicyclic amines) is 1. The Labute approximate surface area is 106 Å². The lowest BCUT2D eigenvalue weighted by Crippen LogP contribution is -2.48. The third-order valence-electron chi connectivity index (χ3n) is 3.95. The number of hydrogen-bond donors (Lipinski definition) is 3. The lowest BCUT2D eigenvalue weighted by molar-refractivity contribution is -0.151. The fourth-order valence-corrected chi connectivity index (χ4v) is 2.89. The van der Waals surface area contributed by atoms with Gasteiger partial charge in [-0.2, -0.15) is 0 Å². The molecule has 2 heterocycles. The van der Waals surface area contributed by atoms with Crippen LogP contribution in [0.25, 0.3) is 0 Å².